The van der Waals surface area contributed by atoms with Crippen molar-refractivity contribution in [3.05, 3.63) is 84.6 Å². The topological polar surface area (TPSA) is 84.4 Å². The molecule has 0 radical (unpaired) electrons. The average molecular weight is 461 g/mol. The summed E-state index contributed by atoms with van der Waals surface area (Å²) >= 11 is 0. The molecule has 0 spiro atoms. The molecule has 0 unspecified atom stereocenters. The molecular weight excluding hydrogens is 436 g/mol. The van der Waals surface area contributed by atoms with Gasteiger partial charge in [0.2, 0.25) is 10.0 Å². The van der Waals surface area contributed by atoms with Gasteiger partial charge in [0.25, 0.3) is 0 Å². The summed E-state index contributed by atoms with van der Waals surface area (Å²) in [4.78, 5) is 11.8. The minimum absolute atomic E-state index is 0.206. The highest BCUT2D eigenvalue weighted by Gasteiger charge is 2.17. The minimum atomic E-state index is -3.67. The Morgan fingerprint density at radius 2 is 1.76 bits per heavy atom. The van der Waals surface area contributed by atoms with Gasteiger partial charge < -0.3 is 9.64 Å². The van der Waals surface area contributed by atoms with Crippen LogP contribution in [0.15, 0.2) is 83.9 Å². The maximum atomic E-state index is 12.9. The molecule has 7 nitrogen and oxygen atoms in total. The zero-order valence-electron chi connectivity index (χ0n) is 18.0. The van der Waals surface area contributed by atoms with Gasteiger partial charge in [-0.2, -0.15) is 0 Å². The van der Waals surface area contributed by atoms with E-state index in [2.05, 4.69) is 14.6 Å². The summed E-state index contributed by atoms with van der Waals surface area (Å²) in [7, 11) is -3.67. The molecule has 1 aliphatic rings. The number of hydrogen-bond donors (Lipinski definition) is 1. The summed E-state index contributed by atoms with van der Waals surface area (Å²) in [6, 6.07) is 22.1. The Morgan fingerprint density at radius 3 is 2.58 bits per heavy atom. The summed E-state index contributed by atoms with van der Waals surface area (Å²) in [5.41, 5.74) is 4.94. The third-order valence-electron chi connectivity index (χ3n) is 5.66. The van der Waals surface area contributed by atoms with E-state index in [0.717, 1.165) is 40.9 Å². The molecule has 1 fully saturated rings. The van der Waals surface area contributed by atoms with Gasteiger partial charge in [0.15, 0.2) is 0 Å². The lowest BCUT2D eigenvalue weighted by Gasteiger charge is -2.29. The van der Waals surface area contributed by atoms with Crippen LogP contribution < -0.4 is 9.62 Å². The van der Waals surface area contributed by atoms with Gasteiger partial charge in [-0.25, -0.2) is 18.1 Å². The minimum Gasteiger partial charge on any atom is -0.378 e. The fourth-order valence-electron chi connectivity index (χ4n) is 3.91. The Bertz CT molecular complexity index is 1370. The Morgan fingerprint density at radius 1 is 0.939 bits per heavy atom. The molecule has 0 amide bonds. The first-order valence-electron chi connectivity index (χ1n) is 10.8. The van der Waals surface area contributed by atoms with Gasteiger partial charge in [-0.1, -0.05) is 42.5 Å². The highest BCUT2D eigenvalue weighted by Crippen LogP contribution is 2.28. The van der Waals surface area contributed by atoms with E-state index in [-0.39, 0.29) is 11.4 Å². The number of rotatable bonds is 6. The lowest BCUT2D eigenvalue weighted by molar-refractivity contribution is 0.123. The zero-order valence-corrected chi connectivity index (χ0v) is 18.8. The molecule has 5 rings (SSSR count). The first-order chi connectivity index (χ1) is 16.1. The Hall–Kier alpha value is -3.33. The Kier molecular flexibility index (Phi) is 6.04. The van der Waals surface area contributed by atoms with E-state index < -0.39 is 10.0 Å². The fraction of sp³-hybridized carbons (Fsp3) is 0.200. The number of nitrogens with one attached hydrogen (secondary N) is 1. The third kappa shape index (κ3) is 4.73. The smallest absolute Gasteiger partial charge is 0.240 e. The molecule has 0 saturated carbocycles. The van der Waals surface area contributed by atoms with Gasteiger partial charge in [-0.3, -0.25) is 4.98 Å². The largest absolute Gasteiger partial charge is 0.378 e. The van der Waals surface area contributed by atoms with Crippen LogP contribution in [-0.2, 0) is 21.3 Å². The van der Waals surface area contributed by atoms with E-state index >= 15 is 0 Å². The van der Waals surface area contributed by atoms with Crippen molar-refractivity contribution in [3.8, 4) is 11.3 Å². The molecule has 1 aliphatic heterocycles. The SMILES string of the molecule is O=S(=O)(NCc1ccccc1)c1cccc(-c2ccc3nccc(N4CCOCC4)c3n2)c1. The molecule has 3 heterocycles. The maximum Gasteiger partial charge on any atom is 0.240 e. The molecule has 0 atom stereocenters. The summed E-state index contributed by atoms with van der Waals surface area (Å²) < 4.78 is 34.0. The van der Waals surface area contributed by atoms with Crippen molar-refractivity contribution in [1.82, 2.24) is 14.7 Å². The molecule has 0 aliphatic carbocycles. The Labute approximate surface area is 193 Å². The molecule has 0 bridgehead atoms. The average Bonchev–Trinajstić information content (AvgIpc) is 2.88. The zero-order chi connectivity index (χ0) is 22.7. The van der Waals surface area contributed by atoms with E-state index in [4.69, 9.17) is 9.72 Å². The fourth-order valence-corrected chi connectivity index (χ4v) is 4.98. The van der Waals surface area contributed by atoms with Crippen molar-refractivity contribution in [2.24, 2.45) is 0 Å². The van der Waals surface area contributed by atoms with Crippen molar-refractivity contribution in [1.29, 1.82) is 0 Å². The van der Waals surface area contributed by atoms with Crippen LogP contribution in [0.1, 0.15) is 5.56 Å². The Balaban J connectivity index is 1.46. The molecule has 33 heavy (non-hydrogen) atoms. The van der Waals surface area contributed by atoms with E-state index in [9.17, 15) is 8.42 Å². The number of ether oxygens (including phenoxy) is 1. The van der Waals surface area contributed by atoms with Gasteiger partial charge in [0, 0.05) is 31.4 Å². The number of pyridine rings is 2. The second-order valence-corrected chi connectivity index (χ2v) is 9.60. The van der Waals surface area contributed by atoms with Crippen LogP contribution in [0.4, 0.5) is 5.69 Å². The van der Waals surface area contributed by atoms with Crippen LogP contribution in [0, 0.1) is 0 Å². The maximum absolute atomic E-state index is 12.9. The van der Waals surface area contributed by atoms with Gasteiger partial charge in [0.1, 0.15) is 5.52 Å². The lowest BCUT2D eigenvalue weighted by Crippen LogP contribution is -2.36. The summed E-state index contributed by atoms with van der Waals surface area (Å²) in [5.74, 6) is 0. The molecular formula is C25H24N4O3S. The first kappa shape index (κ1) is 21.5. The predicted molar refractivity (Wildman–Crippen MR) is 128 cm³/mol. The molecule has 4 aromatic rings. The van der Waals surface area contributed by atoms with Crippen LogP contribution in [0.3, 0.4) is 0 Å². The molecule has 2 aromatic carbocycles. The monoisotopic (exact) mass is 460 g/mol. The lowest BCUT2D eigenvalue weighted by atomic mass is 10.1. The number of benzene rings is 2. The number of nitrogens with zero attached hydrogens (tertiary/aromatic N) is 3. The molecule has 1 saturated heterocycles. The first-order valence-corrected chi connectivity index (χ1v) is 12.3. The van der Waals surface area contributed by atoms with Crippen molar-refractivity contribution >= 4 is 26.7 Å². The second-order valence-electron chi connectivity index (χ2n) is 7.83. The van der Waals surface area contributed by atoms with Crippen LogP contribution in [0.2, 0.25) is 0 Å². The van der Waals surface area contributed by atoms with E-state index in [0.29, 0.717) is 18.9 Å². The number of anilines is 1. The highest BCUT2D eigenvalue weighted by atomic mass is 32.2. The highest BCUT2D eigenvalue weighted by molar-refractivity contribution is 7.89. The quantitative estimate of drug-likeness (QED) is 0.473. The molecule has 2 aromatic heterocycles. The van der Waals surface area contributed by atoms with Crippen LogP contribution >= 0.6 is 0 Å². The van der Waals surface area contributed by atoms with Gasteiger partial charge >= 0.3 is 0 Å². The standard InChI is InChI=1S/C25H24N4O3S/c30-33(31,27-18-19-5-2-1-3-6-19)21-8-4-7-20(17-21)22-9-10-23-25(28-22)24(11-12-26-23)29-13-15-32-16-14-29/h1-12,17,27H,13-16,18H2. The van der Waals surface area contributed by atoms with Crippen molar-refractivity contribution in [2.75, 3.05) is 31.2 Å². The molecule has 1 N–H and O–H groups in total. The van der Waals surface area contributed by atoms with E-state index in [1.165, 1.54) is 0 Å². The van der Waals surface area contributed by atoms with E-state index in [1.54, 1.807) is 24.4 Å². The van der Waals surface area contributed by atoms with Crippen LogP contribution in [0.25, 0.3) is 22.3 Å². The summed E-state index contributed by atoms with van der Waals surface area (Å²) in [6.07, 6.45) is 1.79. The van der Waals surface area contributed by atoms with Gasteiger partial charge in [0.05, 0.1) is 35.0 Å². The van der Waals surface area contributed by atoms with E-state index in [1.807, 2.05) is 54.6 Å². The molecule has 168 valence electrons. The van der Waals surface area contributed by atoms with Crippen molar-refractivity contribution in [2.45, 2.75) is 11.4 Å². The number of hydrogen-bond acceptors (Lipinski definition) is 6. The van der Waals surface area contributed by atoms with Crippen LogP contribution in [0.5, 0.6) is 0 Å². The molecule has 8 heteroatoms. The number of morpholine rings is 1. The van der Waals surface area contributed by atoms with Gasteiger partial charge in [-0.15, -0.1) is 0 Å². The number of aromatic nitrogens is 2. The van der Waals surface area contributed by atoms with Gasteiger partial charge in [-0.05, 0) is 35.9 Å². The summed E-state index contributed by atoms with van der Waals surface area (Å²) in [5, 5.41) is 0. The normalized spacial score (nSPS) is 14.5. The second kappa shape index (κ2) is 9.27. The number of sulfonamides is 1. The van der Waals surface area contributed by atoms with Crippen molar-refractivity contribution in [3.63, 3.8) is 0 Å². The van der Waals surface area contributed by atoms with Crippen molar-refractivity contribution < 1.29 is 13.2 Å². The predicted octanol–water partition coefficient (Wildman–Crippen LogP) is 3.61. The van der Waals surface area contributed by atoms with Crippen LogP contribution in [-0.4, -0.2) is 44.7 Å². The third-order valence-corrected chi connectivity index (χ3v) is 7.06. The number of fused-ring (bicyclic) bond motifs is 1. The summed E-state index contributed by atoms with van der Waals surface area (Å²) in [6.45, 7) is 3.19.